The van der Waals surface area contributed by atoms with Gasteiger partial charge in [0.15, 0.2) is 5.78 Å². The van der Waals surface area contributed by atoms with E-state index in [1.54, 1.807) is 30.5 Å². The van der Waals surface area contributed by atoms with Crippen LogP contribution in [0.5, 0.6) is 0 Å². The molecule has 2 aromatic rings. The van der Waals surface area contributed by atoms with Gasteiger partial charge in [-0.05, 0) is 31.2 Å². The Morgan fingerprint density at radius 2 is 1.72 bits per heavy atom. The number of rotatable bonds is 3. The van der Waals surface area contributed by atoms with Gasteiger partial charge in [-0.25, -0.2) is 0 Å². The van der Waals surface area contributed by atoms with Crippen molar-refractivity contribution in [2.75, 3.05) is 0 Å². The van der Waals surface area contributed by atoms with E-state index in [0.29, 0.717) is 11.3 Å². The predicted molar refractivity (Wildman–Crippen MR) is 77.3 cm³/mol. The van der Waals surface area contributed by atoms with Crippen LogP contribution >= 0.6 is 24.0 Å². The number of ketones is 2. The molecule has 2 heterocycles. The molecule has 5 heteroatoms. The van der Waals surface area contributed by atoms with Crippen molar-refractivity contribution in [1.82, 2.24) is 9.97 Å². The minimum absolute atomic E-state index is 0. The van der Waals surface area contributed by atoms with E-state index in [0.717, 1.165) is 0 Å². The van der Waals surface area contributed by atoms with Crippen molar-refractivity contribution < 1.29 is 9.59 Å². The van der Waals surface area contributed by atoms with Crippen LogP contribution in [0.3, 0.4) is 0 Å². The van der Waals surface area contributed by atoms with Crippen molar-refractivity contribution >= 4 is 35.5 Å². The van der Waals surface area contributed by atoms with Crippen LogP contribution in [0.15, 0.2) is 42.7 Å². The molecule has 0 radical (unpaired) electrons. The maximum Gasteiger partial charge on any atom is 0.229 e. The smallest absolute Gasteiger partial charge is 0.229 e. The highest BCUT2D eigenvalue weighted by Crippen LogP contribution is 2.07. The second-order valence-corrected chi connectivity index (χ2v) is 3.53. The fourth-order valence-electron chi connectivity index (χ4n) is 1.40. The summed E-state index contributed by atoms with van der Waals surface area (Å²) in [5, 5.41) is 0. The van der Waals surface area contributed by atoms with Crippen molar-refractivity contribution in [3.63, 3.8) is 0 Å². The molecule has 4 nitrogen and oxygen atoms in total. The summed E-state index contributed by atoms with van der Waals surface area (Å²) in [6.45, 7) is 1.45. The summed E-state index contributed by atoms with van der Waals surface area (Å²) in [5.74, 6) is -0.379. The maximum absolute atomic E-state index is 12.0. The number of pyridine rings is 2. The first kappa shape index (κ1) is 14.4. The van der Waals surface area contributed by atoms with Crippen LogP contribution in [0.25, 0.3) is 0 Å². The Balaban J connectivity index is 0.00000162. The van der Waals surface area contributed by atoms with E-state index in [-0.39, 0.29) is 41.2 Å². The molecular weight excluding hydrogens is 343 g/mol. The average Bonchev–Trinajstić information content (AvgIpc) is 2.39. The van der Waals surface area contributed by atoms with Gasteiger partial charge in [-0.1, -0.05) is 6.07 Å². The van der Waals surface area contributed by atoms with Gasteiger partial charge in [0.25, 0.3) is 0 Å². The van der Waals surface area contributed by atoms with E-state index < -0.39 is 0 Å². The van der Waals surface area contributed by atoms with E-state index >= 15 is 0 Å². The maximum atomic E-state index is 12.0. The number of carbonyl (C=O) groups is 2. The molecule has 0 amide bonds. The Kier molecular flexibility index (Phi) is 5.08. The fraction of sp³-hybridized carbons (Fsp3) is 0.0769. The topological polar surface area (TPSA) is 59.9 Å². The monoisotopic (exact) mass is 354 g/mol. The molecule has 0 saturated carbocycles. The molecule has 0 N–H and O–H groups in total. The van der Waals surface area contributed by atoms with Crippen molar-refractivity contribution in [2.24, 2.45) is 0 Å². The van der Waals surface area contributed by atoms with Gasteiger partial charge >= 0.3 is 0 Å². The lowest BCUT2D eigenvalue weighted by Crippen LogP contribution is -2.07. The van der Waals surface area contributed by atoms with E-state index in [1.807, 2.05) is 0 Å². The van der Waals surface area contributed by atoms with Crippen molar-refractivity contribution in [3.05, 3.63) is 59.7 Å². The third kappa shape index (κ3) is 3.19. The van der Waals surface area contributed by atoms with Crippen molar-refractivity contribution in [2.45, 2.75) is 6.92 Å². The van der Waals surface area contributed by atoms with Crippen molar-refractivity contribution in [3.8, 4) is 0 Å². The average molecular weight is 354 g/mol. The molecule has 2 rings (SSSR count). The summed E-state index contributed by atoms with van der Waals surface area (Å²) in [4.78, 5) is 31.1. The zero-order valence-electron chi connectivity index (χ0n) is 9.66. The highest BCUT2D eigenvalue weighted by Gasteiger charge is 2.12. The summed E-state index contributed by atoms with van der Waals surface area (Å²) >= 11 is 0. The molecule has 0 aliphatic heterocycles. The minimum atomic E-state index is -0.284. The molecule has 0 fully saturated rings. The number of hydrogen-bond donors (Lipinski definition) is 0. The van der Waals surface area contributed by atoms with Gasteiger partial charge < -0.3 is 0 Å². The van der Waals surface area contributed by atoms with E-state index in [1.165, 1.54) is 19.2 Å². The number of hydrogen-bond acceptors (Lipinski definition) is 4. The zero-order valence-corrected chi connectivity index (χ0v) is 12.0. The summed E-state index contributed by atoms with van der Waals surface area (Å²) < 4.78 is 0. The second-order valence-electron chi connectivity index (χ2n) is 3.53. The van der Waals surface area contributed by atoms with Gasteiger partial charge in [0.05, 0.1) is 0 Å². The van der Waals surface area contributed by atoms with Crippen LogP contribution in [-0.4, -0.2) is 21.5 Å². The molecule has 2 aromatic heterocycles. The molecule has 0 spiro atoms. The van der Waals surface area contributed by atoms with Gasteiger partial charge in [0.1, 0.15) is 11.4 Å². The van der Waals surface area contributed by atoms with Gasteiger partial charge in [-0.2, -0.15) is 0 Å². The summed E-state index contributed by atoms with van der Waals surface area (Å²) in [6, 6.07) is 8.15. The van der Waals surface area contributed by atoms with E-state index in [2.05, 4.69) is 9.97 Å². The van der Waals surface area contributed by atoms with Crippen LogP contribution < -0.4 is 0 Å². The number of Topliss-reactive ketones (excluding diaryl/α,β-unsaturated/α-hetero) is 1. The quantitative estimate of drug-likeness (QED) is 0.628. The molecule has 0 unspecified atom stereocenters. The first-order valence-corrected chi connectivity index (χ1v) is 5.11. The standard InChI is InChI=1S/C13H10N2O2.HI/c1-9(16)10-5-7-15-12(8-10)13(17)11-4-2-3-6-14-11;/h2-8H,1H3;1H. The molecule has 18 heavy (non-hydrogen) atoms. The number of nitrogens with zero attached hydrogens (tertiary/aromatic N) is 2. The number of aromatic nitrogens is 2. The van der Waals surface area contributed by atoms with E-state index in [4.69, 9.17) is 0 Å². The van der Waals surface area contributed by atoms with Crippen LogP contribution in [0.1, 0.15) is 33.5 Å². The minimum Gasteiger partial charge on any atom is -0.295 e. The predicted octanol–water partition coefficient (Wildman–Crippen LogP) is 2.53. The van der Waals surface area contributed by atoms with Crippen LogP contribution in [0.4, 0.5) is 0 Å². The third-order valence-corrected chi connectivity index (χ3v) is 2.30. The SMILES string of the molecule is CC(=O)c1ccnc(C(=O)c2ccccn2)c1.I. The second kappa shape index (κ2) is 6.34. The van der Waals surface area contributed by atoms with Crippen LogP contribution in [0, 0.1) is 0 Å². The molecule has 0 aliphatic carbocycles. The third-order valence-electron chi connectivity index (χ3n) is 2.30. The van der Waals surface area contributed by atoms with Gasteiger partial charge in [-0.3, -0.25) is 19.6 Å². The molecule has 0 aliphatic rings. The van der Waals surface area contributed by atoms with Gasteiger partial charge in [-0.15, -0.1) is 24.0 Å². The first-order chi connectivity index (χ1) is 8.18. The Morgan fingerprint density at radius 3 is 2.33 bits per heavy atom. The molecule has 92 valence electrons. The molecular formula is C13H11IN2O2. The normalized spacial score (nSPS) is 9.39. The molecule has 0 aromatic carbocycles. The lowest BCUT2D eigenvalue weighted by Gasteiger charge is -2.00. The van der Waals surface area contributed by atoms with Crippen molar-refractivity contribution in [1.29, 1.82) is 0 Å². The van der Waals surface area contributed by atoms with Crippen LogP contribution in [-0.2, 0) is 0 Å². The van der Waals surface area contributed by atoms with Crippen LogP contribution in [0.2, 0.25) is 0 Å². The van der Waals surface area contributed by atoms with Gasteiger partial charge in [0, 0.05) is 18.0 Å². The first-order valence-electron chi connectivity index (χ1n) is 5.11. The highest BCUT2D eigenvalue weighted by molar-refractivity contribution is 14.0. The summed E-state index contributed by atoms with van der Waals surface area (Å²) in [6.07, 6.45) is 3.00. The summed E-state index contributed by atoms with van der Waals surface area (Å²) in [7, 11) is 0. The number of halogens is 1. The lowest BCUT2D eigenvalue weighted by molar-refractivity contribution is 0.101. The van der Waals surface area contributed by atoms with Gasteiger partial charge in [0.2, 0.25) is 5.78 Å². The molecule has 0 atom stereocenters. The Labute approximate surface area is 121 Å². The largest absolute Gasteiger partial charge is 0.295 e. The Morgan fingerprint density at radius 1 is 1.00 bits per heavy atom. The lowest BCUT2D eigenvalue weighted by atomic mass is 10.1. The van der Waals surface area contributed by atoms with E-state index in [9.17, 15) is 9.59 Å². The fourth-order valence-corrected chi connectivity index (χ4v) is 1.40. The summed E-state index contributed by atoms with van der Waals surface area (Å²) in [5.41, 5.74) is 1.02. The molecule has 0 bridgehead atoms. The number of carbonyl (C=O) groups excluding carboxylic acids is 2. The molecule has 0 saturated heterocycles. The Hall–Kier alpha value is -1.63. The Bertz CT molecular complexity index is 570. The highest BCUT2D eigenvalue weighted by atomic mass is 127. The zero-order chi connectivity index (χ0) is 12.3.